The first-order valence-corrected chi connectivity index (χ1v) is 7.05. The number of halogens is 2. The summed E-state index contributed by atoms with van der Waals surface area (Å²) >= 11 is 5.61. The van der Waals surface area contributed by atoms with Gasteiger partial charge >= 0.3 is 0 Å². The van der Waals surface area contributed by atoms with Gasteiger partial charge in [0.15, 0.2) is 0 Å². The van der Waals surface area contributed by atoms with Gasteiger partial charge in [-0.3, -0.25) is 0 Å². The first-order valence-electron chi connectivity index (χ1n) is 6.51. The van der Waals surface area contributed by atoms with Gasteiger partial charge in [0.1, 0.15) is 17.7 Å². The Morgan fingerprint density at radius 1 is 1.33 bits per heavy atom. The van der Waals surface area contributed by atoms with E-state index in [0.717, 1.165) is 56.0 Å². The van der Waals surface area contributed by atoms with E-state index in [0.29, 0.717) is 0 Å². The summed E-state index contributed by atoms with van der Waals surface area (Å²) in [5, 5.41) is 3.37. The molecule has 1 atom stereocenters. The van der Waals surface area contributed by atoms with Crippen LogP contribution in [0.2, 0.25) is 0 Å². The Balaban J connectivity index is 1.65. The molecule has 1 N–H and O–H groups in total. The SMILES string of the molecule is Fc1ccc2c(c1)CC(CNCCCCCCl)O2. The lowest BCUT2D eigenvalue weighted by Gasteiger charge is -2.11. The van der Waals surface area contributed by atoms with Crippen LogP contribution < -0.4 is 10.1 Å². The van der Waals surface area contributed by atoms with Crippen molar-refractivity contribution in [1.82, 2.24) is 5.32 Å². The Labute approximate surface area is 112 Å². The second-order valence-electron chi connectivity index (χ2n) is 4.65. The molecule has 2 rings (SSSR count). The minimum atomic E-state index is -0.188. The number of nitrogens with one attached hydrogen (secondary N) is 1. The van der Waals surface area contributed by atoms with Crippen LogP contribution in [-0.2, 0) is 6.42 Å². The third-order valence-corrected chi connectivity index (χ3v) is 3.39. The molecule has 1 aromatic rings. The van der Waals surface area contributed by atoms with E-state index < -0.39 is 0 Å². The summed E-state index contributed by atoms with van der Waals surface area (Å²) < 4.78 is 18.8. The summed E-state index contributed by atoms with van der Waals surface area (Å²) in [4.78, 5) is 0. The van der Waals surface area contributed by atoms with E-state index >= 15 is 0 Å². The Bertz CT molecular complexity index is 386. The molecule has 0 aliphatic carbocycles. The van der Waals surface area contributed by atoms with Crippen LogP contribution in [0.1, 0.15) is 24.8 Å². The van der Waals surface area contributed by atoms with Crippen LogP contribution in [0, 0.1) is 5.82 Å². The van der Waals surface area contributed by atoms with Gasteiger partial charge in [0.25, 0.3) is 0 Å². The molecule has 1 aliphatic heterocycles. The molecule has 4 heteroatoms. The van der Waals surface area contributed by atoms with Crippen molar-refractivity contribution in [2.24, 2.45) is 0 Å². The number of ether oxygens (including phenoxy) is 1. The van der Waals surface area contributed by atoms with Crippen LogP contribution in [0.5, 0.6) is 5.75 Å². The summed E-state index contributed by atoms with van der Waals surface area (Å²) in [6, 6.07) is 4.72. The number of benzene rings is 1. The lowest BCUT2D eigenvalue weighted by molar-refractivity contribution is 0.227. The molecule has 100 valence electrons. The predicted molar refractivity (Wildman–Crippen MR) is 72.0 cm³/mol. The average molecular weight is 272 g/mol. The standard InChI is InChI=1S/C14H19ClFNO/c15-6-2-1-3-7-17-10-13-9-11-8-12(16)4-5-14(11)18-13/h4-5,8,13,17H,1-3,6-7,9-10H2. The fourth-order valence-electron chi connectivity index (χ4n) is 2.19. The Morgan fingerprint density at radius 2 is 2.22 bits per heavy atom. The largest absolute Gasteiger partial charge is 0.488 e. The van der Waals surface area contributed by atoms with E-state index in [2.05, 4.69) is 5.32 Å². The van der Waals surface area contributed by atoms with Crippen molar-refractivity contribution in [2.45, 2.75) is 31.8 Å². The number of unbranched alkanes of at least 4 members (excludes halogenated alkanes) is 2. The van der Waals surface area contributed by atoms with E-state index in [4.69, 9.17) is 16.3 Å². The normalized spacial score (nSPS) is 17.6. The first kappa shape index (κ1) is 13.6. The van der Waals surface area contributed by atoms with Gasteiger partial charge in [0.2, 0.25) is 0 Å². The molecule has 1 heterocycles. The maximum Gasteiger partial charge on any atom is 0.123 e. The van der Waals surface area contributed by atoms with Crippen molar-refractivity contribution >= 4 is 11.6 Å². The average Bonchev–Trinajstić information content (AvgIpc) is 2.75. The fourth-order valence-corrected chi connectivity index (χ4v) is 2.38. The van der Waals surface area contributed by atoms with Gasteiger partial charge in [-0.2, -0.15) is 0 Å². The van der Waals surface area contributed by atoms with Crippen LogP contribution in [0.25, 0.3) is 0 Å². The number of hydrogen-bond acceptors (Lipinski definition) is 2. The van der Waals surface area contributed by atoms with Crippen LogP contribution in [0.3, 0.4) is 0 Å². The first-order chi connectivity index (χ1) is 8.79. The highest BCUT2D eigenvalue weighted by molar-refractivity contribution is 6.17. The summed E-state index contributed by atoms with van der Waals surface area (Å²) in [6.07, 6.45) is 4.30. The van der Waals surface area contributed by atoms with Gasteiger partial charge < -0.3 is 10.1 Å². The van der Waals surface area contributed by atoms with E-state index in [1.807, 2.05) is 0 Å². The number of alkyl halides is 1. The summed E-state index contributed by atoms with van der Waals surface area (Å²) in [7, 11) is 0. The Hall–Kier alpha value is -0.800. The zero-order valence-electron chi connectivity index (χ0n) is 10.4. The molecular formula is C14H19ClFNO. The molecule has 0 fully saturated rings. The molecule has 0 saturated carbocycles. The fraction of sp³-hybridized carbons (Fsp3) is 0.571. The molecule has 1 unspecified atom stereocenters. The van der Waals surface area contributed by atoms with Crippen molar-refractivity contribution < 1.29 is 9.13 Å². The van der Waals surface area contributed by atoms with E-state index in [9.17, 15) is 4.39 Å². The molecule has 0 bridgehead atoms. The topological polar surface area (TPSA) is 21.3 Å². The van der Waals surface area contributed by atoms with Crippen LogP contribution >= 0.6 is 11.6 Å². The van der Waals surface area contributed by atoms with Crippen molar-refractivity contribution in [2.75, 3.05) is 19.0 Å². The zero-order valence-corrected chi connectivity index (χ0v) is 11.2. The number of hydrogen-bond donors (Lipinski definition) is 1. The van der Waals surface area contributed by atoms with Crippen molar-refractivity contribution in [3.05, 3.63) is 29.6 Å². The Kier molecular flexibility index (Phi) is 5.26. The molecule has 0 radical (unpaired) electrons. The summed E-state index contributed by atoms with van der Waals surface area (Å²) in [6.45, 7) is 1.80. The van der Waals surface area contributed by atoms with Gasteiger partial charge in [-0.25, -0.2) is 4.39 Å². The van der Waals surface area contributed by atoms with E-state index in [-0.39, 0.29) is 11.9 Å². The van der Waals surface area contributed by atoms with Crippen LogP contribution in [0.4, 0.5) is 4.39 Å². The third-order valence-electron chi connectivity index (χ3n) is 3.12. The molecule has 0 aromatic heterocycles. The second-order valence-corrected chi connectivity index (χ2v) is 5.03. The molecule has 2 nitrogen and oxygen atoms in total. The maximum absolute atomic E-state index is 13.0. The second kappa shape index (κ2) is 6.95. The van der Waals surface area contributed by atoms with Crippen LogP contribution in [0.15, 0.2) is 18.2 Å². The lowest BCUT2D eigenvalue weighted by atomic mass is 10.1. The van der Waals surface area contributed by atoms with Crippen LogP contribution in [-0.4, -0.2) is 25.1 Å². The highest BCUT2D eigenvalue weighted by Gasteiger charge is 2.22. The van der Waals surface area contributed by atoms with Gasteiger partial charge in [0, 0.05) is 24.4 Å². The number of fused-ring (bicyclic) bond motifs is 1. The maximum atomic E-state index is 13.0. The predicted octanol–water partition coefficient (Wildman–Crippen LogP) is 3.13. The number of rotatable bonds is 7. The van der Waals surface area contributed by atoms with Crippen molar-refractivity contribution in [1.29, 1.82) is 0 Å². The smallest absolute Gasteiger partial charge is 0.123 e. The molecule has 1 aromatic carbocycles. The molecule has 0 saturated heterocycles. The van der Waals surface area contributed by atoms with Gasteiger partial charge in [0.05, 0.1) is 0 Å². The van der Waals surface area contributed by atoms with Gasteiger partial charge in [-0.15, -0.1) is 11.6 Å². The van der Waals surface area contributed by atoms with Crippen molar-refractivity contribution in [3.8, 4) is 5.75 Å². The lowest BCUT2D eigenvalue weighted by Crippen LogP contribution is -2.30. The monoisotopic (exact) mass is 271 g/mol. The van der Waals surface area contributed by atoms with E-state index in [1.54, 1.807) is 12.1 Å². The molecule has 0 amide bonds. The minimum Gasteiger partial charge on any atom is -0.488 e. The zero-order chi connectivity index (χ0) is 12.8. The van der Waals surface area contributed by atoms with Gasteiger partial charge in [-0.1, -0.05) is 6.42 Å². The third kappa shape index (κ3) is 3.85. The highest BCUT2D eigenvalue weighted by atomic mass is 35.5. The molecular weight excluding hydrogens is 253 g/mol. The van der Waals surface area contributed by atoms with Crippen molar-refractivity contribution in [3.63, 3.8) is 0 Å². The van der Waals surface area contributed by atoms with E-state index in [1.165, 1.54) is 6.07 Å². The highest BCUT2D eigenvalue weighted by Crippen LogP contribution is 2.28. The summed E-state index contributed by atoms with van der Waals surface area (Å²) in [5.41, 5.74) is 0.976. The molecule has 0 spiro atoms. The quantitative estimate of drug-likeness (QED) is 0.608. The Morgan fingerprint density at radius 3 is 3.06 bits per heavy atom. The van der Waals surface area contributed by atoms with Gasteiger partial charge in [-0.05, 0) is 37.6 Å². The molecule has 1 aliphatic rings. The molecule has 18 heavy (non-hydrogen) atoms. The minimum absolute atomic E-state index is 0.134. The summed E-state index contributed by atoms with van der Waals surface area (Å²) in [5.74, 6) is 1.38.